The normalized spacial score (nSPS) is 36.4. The van der Waals surface area contributed by atoms with Crippen LogP contribution in [0.2, 0.25) is 0 Å². The highest BCUT2D eigenvalue weighted by molar-refractivity contribution is 14.0. The molecule has 1 spiro atoms. The van der Waals surface area contributed by atoms with Gasteiger partial charge in [-0.3, -0.25) is 4.99 Å². The van der Waals surface area contributed by atoms with E-state index < -0.39 is 0 Å². The highest BCUT2D eigenvalue weighted by Gasteiger charge is 2.58. The highest BCUT2D eigenvalue weighted by Crippen LogP contribution is 2.51. The molecule has 0 bridgehead atoms. The van der Waals surface area contributed by atoms with Gasteiger partial charge in [-0.05, 0) is 37.5 Å². The predicted octanol–water partition coefficient (Wildman–Crippen LogP) is 2.89. The second-order valence-electron chi connectivity index (χ2n) is 8.87. The first kappa shape index (κ1) is 19.7. The van der Waals surface area contributed by atoms with E-state index in [9.17, 15) is 0 Å². The molecule has 3 saturated heterocycles. The van der Waals surface area contributed by atoms with Gasteiger partial charge in [-0.1, -0.05) is 13.8 Å². The molecule has 3 unspecified atom stereocenters. The predicted molar refractivity (Wildman–Crippen MR) is 111 cm³/mol. The number of nitrogens with one attached hydrogen (secondary N) is 1. The Hall–Kier alpha value is -0.0800. The Kier molecular flexibility index (Phi) is 5.91. The molecular formula is C19H34IN3O2. The van der Waals surface area contributed by atoms with Crippen LogP contribution in [-0.4, -0.2) is 63.0 Å². The van der Waals surface area contributed by atoms with Crippen molar-refractivity contribution in [1.82, 2.24) is 10.2 Å². The lowest BCUT2D eigenvalue weighted by atomic mass is 9.55. The van der Waals surface area contributed by atoms with Gasteiger partial charge in [-0.25, -0.2) is 0 Å². The molecule has 1 aliphatic carbocycles. The number of aliphatic imine (C=N–C) groups is 1. The molecule has 1 N–H and O–H groups in total. The van der Waals surface area contributed by atoms with Gasteiger partial charge in [0.25, 0.3) is 0 Å². The van der Waals surface area contributed by atoms with E-state index in [1.165, 1.54) is 32.1 Å². The number of rotatable bonds is 1. The van der Waals surface area contributed by atoms with Crippen LogP contribution in [0.1, 0.15) is 46.0 Å². The van der Waals surface area contributed by atoms with Crippen molar-refractivity contribution in [3.63, 3.8) is 0 Å². The molecule has 6 heteroatoms. The van der Waals surface area contributed by atoms with Crippen molar-refractivity contribution in [1.29, 1.82) is 0 Å². The molecule has 144 valence electrons. The number of nitrogens with zero attached hydrogens (tertiary/aromatic N) is 2. The largest absolute Gasteiger partial charge is 0.381 e. The lowest BCUT2D eigenvalue weighted by molar-refractivity contribution is -0.188. The fourth-order valence-electron chi connectivity index (χ4n) is 5.58. The minimum absolute atomic E-state index is 0. The lowest BCUT2D eigenvalue weighted by Crippen LogP contribution is -2.71. The molecule has 3 atom stereocenters. The summed E-state index contributed by atoms with van der Waals surface area (Å²) in [5.41, 5.74) is 0.651. The van der Waals surface area contributed by atoms with Crippen molar-refractivity contribution >= 4 is 29.9 Å². The maximum atomic E-state index is 6.05. The molecule has 4 fully saturated rings. The van der Waals surface area contributed by atoms with Crippen LogP contribution in [0.5, 0.6) is 0 Å². The van der Waals surface area contributed by atoms with Gasteiger partial charge in [0.2, 0.25) is 0 Å². The van der Waals surface area contributed by atoms with Crippen LogP contribution >= 0.6 is 24.0 Å². The zero-order valence-electron chi connectivity index (χ0n) is 15.9. The minimum Gasteiger partial charge on any atom is -0.381 e. The van der Waals surface area contributed by atoms with Crippen LogP contribution in [-0.2, 0) is 9.47 Å². The number of hydrogen-bond donors (Lipinski definition) is 1. The Bertz CT molecular complexity index is 505. The van der Waals surface area contributed by atoms with Gasteiger partial charge < -0.3 is 19.7 Å². The first-order valence-electron chi connectivity index (χ1n) is 9.73. The van der Waals surface area contributed by atoms with Gasteiger partial charge in [0, 0.05) is 57.3 Å². The SMILES string of the molecule is CN=C(NC1C2CCCOC2C1(C)C)N1CCC2(CCOCC2)C1.I. The summed E-state index contributed by atoms with van der Waals surface area (Å²) in [7, 11) is 1.93. The molecule has 0 amide bonds. The van der Waals surface area contributed by atoms with Crippen LogP contribution in [0.25, 0.3) is 0 Å². The van der Waals surface area contributed by atoms with Crippen LogP contribution in [0.3, 0.4) is 0 Å². The smallest absolute Gasteiger partial charge is 0.193 e. The van der Waals surface area contributed by atoms with Crippen molar-refractivity contribution in [2.24, 2.45) is 21.7 Å². The summed E-state index contributed by atoms with van der Waals surface area (Å²) < 4.78 is 11.6. The van der Waals surface area contributed by atoms with Gasteiger partial charge in [0.05, 0.1) is 6.10 Å². The zero-order chi connectivity index (χ0) is 16.8. The van der Waals surface area contributed by atoms with Gasteiger partial charge in [-0.2, -0.15) is 0 Å². The Balaban J connectivity index is 0.00000182. The highest BCUT2D eigenvalue weighted by atomic mass is 127. The number of ether oxygens (including phenoxy) is 2. The first-order chi connectivity index (χ1) is 11.6. The zero-order valence-corrected chi connectivity index (χ0v) is 18.3. The van der Waals surface area contributed by atoms with Crippen LogP contribution < -0.4 is 5.32 Å². The fourth-order valence-corrected chi connectivity index (χ4v) is 5.58. The maximum Gasteiger partial charge on any atom is 0.193 e. The fraction of sp³-hybridized carbons (Fsp3) is 0.947. The van der Waals surface area contributed by atoms with E-state index in [-0.39, 0.29) is 29.4 Å². The molecule has 4 aliphatic rings. The third-order valence-electron chi connectivity index (χ3n) is 7.12. The van der Waals surface area contributed by atoms with Crippen molar-refractivity contribution in [2.45, 2.75) is 58.1 Å². The van der Waals surface area contributed by atoms with Crippen molar-refractivity contribution in [3.05, 3.63) is 0 Å². The standard InChI is InChI=1S/C19H33N3O2.HI/c1-18(2)15(14-5-4-10-24-16(14)18)21-17(20-3)22-9-6-19(13-22)7-11-23-12-8-19;/h14-16H,4-13H2,1-3H3,(H,20,21);1H. The van der Waals surface area contributed by atoms with Gasteiger partial charge in [0.1, 0.15) is 0 Å². The molecule has 0 radical (unpaired) electrons. The monoisotopic (exact) mass is 463 g/mol. The minimum atomic E-state index is 0. The molecule has 4 rings (SSSR count). The Labute approximate surface area is 169 Å². The van der Waals surface area contributed by atoms with Crippen molar-refractivity contribution in [2.75, 3.05) is 40.0 Å². The Morgan fingerprint density at radius 1 is 1.16 bits per heavy atom. The summed E-state index contributed by atoms with van der Waals surface area (Å²) in [6.07, 6.45) is 6.58. The van der Waals surface area contributed by atoms with Gasteiger partial charge in [0.15, 0.2) is 5.96 Å². The summed E-state index contributed by atoms with van der Waals surface area (Å²) in [5.74, 6) is 1.74. The summed E-state index contributed by atoms with van der Waals surface area (Å²) >= 11 is 0. The average Bonchev–Trinajstić information content (AvgIpc) is 2.99. The molecule has 0 aromatic heterocycles. The second kappa shape index (κ2) is 7.50. The number of hydrogen-bond acceptors (Lipinski definition) is 3. The molecule has 1 saturated carbocycles. The van der Waals surface area contributed by atoms with E-state index in [2.05, 4.69) is 29.1 Å². The number of likely N-dealkylation sites (tertiary alicyclic amines) is 1. The molecular weight excluding hydrogens is 429 g/mol. The summed E-state index contributed by atoms with van der Waals surface area (Å²) in [4.78, 5) is 7.12. The van der Waals surface area contributed by atoms with Crippen molar-refractivity contribution in [3.8, 4) is 0 Å². The third kappa shape index (κ3) is 3.43. The summed E-state index contributed by atoms with van der Waals surface area (Å²) in [6.45, 7) is 9.73. The Morgan fingerprint density at radius 3 is 2.64 bits per heavy atom. The van der Waals surface area contributed by atoms with Crippen LogP contribution in [0.15, 0.2) is 4.99 Å². The summed E-state index contributed by atoms with van der Waals surface area (Å²) in [5, 5.41) is 3.82. The van der Waals surface area contributed by atoms with E-state index >= 15 is 0 Å². The Morgan fingerprint density at radius 2 is 1.92 bits per heavy atom. The van der Waals surface area contributed by atoms with E-state index in [1.54, 1.807) is 0 Å². The number of halogens is 1. The number of guanidine groups is 1. The number of fused-ring (bicyclic) bond motifs is 1. The first-order valence-corrected chi connectivity index (χ1v) is 9.73. The topological polar surface area (TPSA) is 46.1 Å². The van der Waals surface area contributed by atoms with Crippen LogP contribution in [0.4, 0.5) is 0 Å². The molecule has 3 aliphatic heterocycles. The quantitative estimate of drug-likeness (QED) is 0.369. The molecule has 0 aromatic rings. The van der Waals surface area contributed by atoms with Crippen LogP contribution in [0, 0.1) is 16.7 Å². The van der Waals surface area contributed by atoms with E-state index in [0.717, 1.165) is 38.9 Å². The lowest BCUT2D eigenvalue weighted by Gasteiger charge is -2.60. The molecule has 5 nitrogen and oxygen atoms in total. The average molecular weight is 463 g/mol. The molecule has 0 aromatic carbocycles. The van der Waals surface area contributed by atoms with E-state index in [1.807, 2.05) is 7.05 Å². The molecule has 3 heterocycles. The van der Waals surface area contributed by atoms with Gasteiger partial charge >= 0.3 is 0 Å². The molecule has 25 heavy (non-hydrogen) atoms. The second-order valence-corrected chi connectivity index (χ2v) is 8.87. The maximum absolute atomic E-state index is 6.05. The van der Waals surface area contributed by atoms with Gasteiger partial charge in [-0.15, -0.1) is 24.0 Å². The third-order valence-corrected chi connectivity index (χ3v) is 7.12. The van der Waals surface area contributed by atoms with Crippen molar-refractivity contribution < 1.29 is 9.47 Å². The van der Waals surface area contributed by atoms with E-state index in [4.69, 9.17) is 9.47 Å². The summed E-state index contributed by atoms with van der Waals surface area (Å²) in [6, 6.07) is 0.479. The van der Waals surface area contributed by atoms with E-state index in [0.29, 0.717) is 23.5 Å².